The Labute approximate surface area is 148 Å². The molecule has 3 rings (SSSR count). The zero-order valence-corrected chi connectivity index (χ0v) is 15.4. The van der Waals surface area contributed by atoms with Gasteiger partial charge >= 0.3 is 0 Å². The number of amides is 1. The quantitative estimate of drug-likeness (QED) is 0.917. The summed E-state index contributed by atoms with van der Waals surface area (Å²) >= 11 is 0. The predicted molar refractivity (Wildman–Crippen MR) is 95.6 cm³/mol. The van der Waals surface area contributed by atoms with Crippen LogP contribution in [0.5, 0.6) is 0 Å². The average molecular weight is 353 g/mol. The second-order valence-electron chi connectivity index (χ2n) is 7.19. The Morgan fingerprint density at radius 2 is 2.21 bits per heavy atom. The predicted octanol–water partition coefficient (Wildman–Crippen LogP) is 2.89. The summed E-state index contributed by atoms with van der Waals surface area (Å²) in [5, 5.41) is 4.71. The highest BCUT2D eigenvalue weighted by atomic mass is 35.5. The van der Waals surface area contributed by atoms with Crippen molar-refractivity contribution >= 4 is 29.4 Å². The van der Waals surface area contributed by atoms with Crippen LogP contribution in [0.2, 0.25) is 0 Å². The van der Waals surface area contributed by atoms with E-state index in [1.54, 1.807) is 0 Å². The fourth-order valence-corrected chi connectivity index (χ4v) is 3.11. The Hall–Kier alpha value is -1.66. The molecule has 1 atom stereocenters. The van der Waals surface area contributed by atoms with Crippen molar-refractivity contribution in [3.63, 3.8) is 0 Å². The molecule has 0 saturated carbocycles. The SMILES string of the molecule is Cc1noc2nc(C(C)C)cc(C(=O)N3CCC(C)(CN)C3)c12.Cl. The fraction of sp³-hybridized carbons (Fsp3) is 0.588. The fourth-order valence-electron chi connectivity index (χ4n) is 3.11. The van der Waals surface area contributed by atoms with E-state index in [2.05, 4.69) is 17.1 Å². The minimum absolute atomic E-state index is 0. The van der Waals surface area contributed by atoms with E-state index >= 15 is 0 Å². The first-order valence-electron chi connectivity index (χ1n) is 8.11. The summed E-state index contributed by atoms with van der Waals surface area (Å²) in [6.45, 7) is 10.1. The third-order valence-electron chi connectivity index (χ3n) is 4.80. The molecule has 0 spiro atoms. The number of aromatic nitrogens is 2. The molecule has 2 aromatic heterocycles. The third kappa shape index (κ3) is 3.13. The van der Waals surface area contributed by atoms with E-state index in [1.165, 1.54) is 0 Å². The van der Waals surface area contributed by atoms with Gasteiger partial charge in [-0.05, 0) is 37.3 Å². The second-order valence-corrected chi connectivity index (χ2v) is 7.19. The maximum Gasteiger partial charge on any atom is 0.259 e. The van der Waals surface area contributed by atoms with Crippen molar-refractivity contribution in [3.05, 3.63) is 23.0 Å². The summed E-state index contributed by atoms with van der Waals surface area (Å²) < 4.78 is 5.30. The highest BCUT2D eigenvalue weighted by Crippen LogP contribution is 2.32. The molecule has 0 bridgehead atoms. The monoisotopic (exact) mass is 352 g/mol. The van der Waals surface area contributed by atoms with Gasteiger partial charge in [-0.15, -0.1) is 12.4 Å². The summed E-state index contributed by atoms with van der Waals surface area (Å²) in [4.78, 5) is 19.5. The summed E-state index contributed by atoms with van der Waals surface area (Å²) in [5.41, 5.74) is 8.49. The van der Waals surface area contributed by atoms with Crippen molar-refractivity contribution in [2.24, 2.45) is 11.1 Å². The van der Waals surface area contributed by atoms with Crippen molar-refractivity contribution in [2.75, 3.05) is 19.6 Å². The lowest BCUT2D eigenvalue weighted by molar-refractivity contribution is 0.0778. The standard InChI is InChI=1S/C17H24N4O2.ClH/c1-10(2)13-7-12(14-11(3)20-23-15(14)19-13)16(22)21-6-5-17(4,8-18)9-21;/h7,10H,5-6,8-9,18H2,1-4H3;1H. The number of carbonyl (C=O) groups is 1. The summed E-state index contributed by atoms with van der Waals surface area (Å²) in [6.07, 6.45) is 0.934. The molecule has 2 aromatic rings. The lowest BCUT2D eigenvalue weighted by atomic mass is 9.90. The van der Waals surface area contributed by atoms with Crippen LogP contribution in [0, 0.1) is 12.3 Å². The Balaban J connectivity index is 0.00000208. The number of likely N-dealkylation sites (tertiary alicyclic amines) is 1. The molecular formula is C17H25ClN4O2. The molecule has 6 nitrogen and oxygen atoms in total. The average Bonchev–Trinajstić information content (AvgIpc) is 3.10. The number of rotatable bonds is 3. The molecule has 1 aliphatic heterocycles. The van der Waals surface area contributed by atoms with Gasteiger partial charge in [0.25, 0.3) is 11.6 Å². The highest BCUT2D eigenvalue weighted by Gasteiger charge is 2.36. The zero-order valence-electron chi connectivity index (χ0n) is 14.6. The van der Waals surface area contributed by atoms with E-state index in [4.69, 9.17) is 10.3 Å². The van der Waals surface area contributed by atoms with Gasteiger partial charge in [-0.25, -0.2) is 4.98 Å². The van der Waals surface area contributed by atoms with Crippen LogP contribution in [0.4, 0.5) is 0 Å². The van der Waals surface area contributed by atoms with Crippen LogP contribution in [0.1, 0.15) is 54.9 Å². The summed E-state index contributed by atoms with van der Waals surface area (Å²) in [7, 11) is 0. The molecule has 0 aliphatic carbocycles. The highest BCUT2D eigenvalue weighted by molar-refractivity contribution is 6.06. The third-order valence-corrected chi connectivity index (χ3v) is 4.80. The van der Waals surface area contributed by atoms with Gasteiger partial charge in [0.1, 0.15) is 0 Å². The molecule has 1 unspecified atom stereocenters. The van der Waals surface area contributed by atoms with Gasteiger partial charge in [0.05, 0.1) is 16.6 Å². The molecule has 1 fully saturated rings. The van der Waals surface area contributed by atoms with E-state index < -0.39 is 0 Å². The van der Waals surface area contributed by atoms with Crippen LogP contribution in [-0.2, 0) is 0 Å². The van der Waals surface area contributed by atoms with Crippen LogP contribution in [0.15, 0.2) is 10.6 Å². The molecule has 24 heavy (non-hydrogen) atoms. The van der Waals surface area contributed by atoms with Crippen LogP contribution < -0.4 is 5.73 Å². The smallest absolute Gasteiger partial charge is 0.259 e. The number of aryl methyl sites for hydroxylation is 1. The molecule has 132 valence electrons. The lowest BCUT2D eigenvalue weighted by Crippen LogP contribution is -2.34. The van der Waals surface area contributed by atoms with Crippen LogP contribution in [0.3, 0.4) is 0 Å². The molecular weight excluding hydrogens is 328 g/mol. The molecule has 1 saturated heterocycles. The van der Waals surface area contributed by atoms with Crippen LogP contribution >= 0.6 is 12.4 Å². The van der Waals surface area contributed by atoms with Gasteiger partial charge in [0.15, 0.2) is 0 Å². The van der Waals surface area contributed by atoms with Crippen molar-refractivity contribution in [2.45, 2.75) is 40.0 Å². The summed E-state index contributed by atoms with van der Waals surface area (Å²) in [5.74, 6) is 0.229. The molecule has 7 heteroatoms. The van der Waals surface area contributed by atoms with Crippen molar-refractivity contribution in [3.8, 4) is 0 Å². The number of hydrogen-bond donors (Lipinski definition) is 1. The van der Waals surface area contributed by atoms with Gasteiger partial charge in [0, 0.05) is 18.8 Å². The van der Waals surface area contributed by atoms with E-state index in [-0.39, 0.29) is 29.6 Å². The first-order chi connectivity index (χ1) is 10.8. The summed E-state index contributed by atoms with van der Waals surface area (Å²) in [6, 6.07) is 1.89. The number of nitrogens with zero attached hydrogens (tertiary/aromatic N) is 3. The maximum atomic E-state index is 13.1. The van der Waals surface area contributed by atoms with Gasteiger partial charge in [-0.1, -0.05) is 25.9 Å². The number of hydrogen-bond acceptors (Lipinski definition) is 5. The first-order valence-corrected chi connectivity index (χ1v) is 8.11. The Morgan fingerprint density at radius 3 is 2.79 bits per heavy atom. The van der Waals surface area contributed by atoms with E-state index in [0.29, 0.717) is 30.1 Å². The Bertz CT molecular complexity index is 758. The minimum Gasteiger partial charge on any atom is -0.338 e. The minimum atomic E-state index is 0. The number of carbonyl (C=O) groups excluding carboxylic acids is 1. The molecule has 2 N–H and O–H groups in total. The molecule has 1 aliphatic rings. The maximum absolute atomic E-state index is 13.1. The second kappa shape index (κ2) is 6.69. The molecule has 3 heterocycles. The van der Waals surface area contributed by atoms with Crippen molar-refractivity contribution < 1.29 is 9.32 Å². The van der Waals surface area contributed by atoms with Gasteiger partial charge in [-0.3, -0.25) is 4.79 Å². The molecule has 1 amide bonds. The normalized spacial score (nSPS) is 20.7. The Morgan fingerprint density at radius 1 is 1.50 bits per heavy atom. The first kappa shape index (κ1) is 18.7. The van der Waals surface area contributed by atoms with Crippen molar-refractivity contribution in [1.29, 1.82) is 0 Å². The largest absolute Gasteiger partial charge is 0.338 e. The van der Waals surface area contributed by atoms with Crippen LogP contribution in [-0.4, -0.2) is 40.6 Å². The van der Waals surface area contributed by atoms with Gasteiger partial charge in [0.2, 0.25) is 0 Å². The lowest BCUT2D eigenvalue weighted by Gasteiger charge is -2.23. The molecule has 0 radical (unpaired) electrons. The number of pyridine rings is 1. The molecule has 0 aromatic carbocycles. The zero-order chi connectivity index (χ0) is 16.8. The van der Waals surface area contributed by atoms with Crippen molar-refractivity contribution in [1.82, 2.24) is 15.0 Å². The number of fused-ring (bicyclic) bond motifs is 1. The van der Waals surface area contributed by atoms with E-state index in [9.17, 15) is 4.79 Å². The van der Waals surface area contributed by atoms with Gasteiger partial charge < -0.3 is 15.2 Å². The topological polar surface area (TPSA) is 85.2 Å². The Kier molecular flexibility index (Phi) is 5.20. The van der Waals surface area contributed by atoms with Crippen LogP contribution in [0.25, 0.3) is 11.1 Å². The number of nitrogens with two attached hydrogens (primary N) is 1. The van der Waals surface area contributed by atoms with E-state index in [1.807, 2.05) is 31.7 Å². The van der Waals surface area contributed by atoms with E-state index in [0.717, 1.165) is 24.0 Å². The number of halogens is 1. The van der Waals surface area contributed by atoms with Gasteiger partial charge in [-0.2, -0.15) is 0 Å².